The summed E-state index contributed by atoms with van der Waals surface area (Å²) in [5.74, 6) is 0.968. The third kappa shape index (κ3) is 5.43. The molecule has 18 heavy (non-hydrogen) atoms. The van der Waals surface area contributed by atoms with E-state index >= 15 is 0 Å². The number of nitrogens with one attached hydrogen (secondary N) is 1. The minimum absolute atomic E-state index is 0.0474. The van der Waals surface area contributed by atoms with Crippen molar-refractivity contribution in [3.8, 4) is 0 Å². The quantitative estimate of drug-likeness (QED) is 0.689. The van der Waals surface area contributed by atoms with E-state index in [1.54, 1.807) is 7.05 Å². The Labute approximate surface area is 110 Å². The molecule has 0 spiro atoms. The summed E-state index contributed by atoms with van der Waals surface area (Å²) >= 11 is 0. The summed E-state index contributed by atoms with van der Waals surface area (Å²) in [7, 11) is 1.58. The molecule has 0 bridgehead atoms. The Bertz CT molecular complexity index is 285. The molecule has 0 heterocycles. The van der Waals surface area contributed by atoms with E-state index in [0.717, 1.165) is 12.7 Å². The molecule has 2 unspecified atom stereocenters. The zero-order valence-corrected chi connectivity index (χ0v) is 12.4. The monoisotopic (exact) mass is 257 g/mol. The zero-order chi connectivity index (χ0) is 14.3. The molecule has 0 fully saturated rings. The van der Waals surface area contributed by atoms with Crippen LogP contribution in [0.3, 0.4) is 0 Å². The van der Waals surface area contributed by atoms with Crippen molar-refractivity contribution < 1.29 is 14.6 Å². The standard InChI is InChI=1S/C14H27NO3/c1-9(2)7-11(5)12(8-16)18-13(10(3)4)14(17)15-6/h8-11,13,16H,7H2,1-6H3,(H,15,17)/b12-8-. The van der Waals surface area contributed by atoms with Crippen molar-refractivity contribution in [3.63, 3.8) is 0 Å². The molecule has 0 aromatic rings. The summed E-state index contributed by atoms with van der Waals surface area (Å²) in [4.78, 5) is 11.7. The number of hydrogen-bond donors (Lipinski definition) is 2. The lowest BCUT2D eigenvalue weighted by atomic mass is 9.97. The number of carbonyl (C=O) groups is 1. The fourth-order valence-electron chi connectivity index (χ4n) is 1.88. The second kappa shape index (κ2) is 8.01. The van der Waals surface area contributed by atoms with E-state index < -0.39 is 6.10 Å². The summed E-state index contributed by atoms with van der Waals surface area (Å²) in [6, 6.07) is 0. The Morgan fingerprint density at radius 1 is 1.28 bits per heavy atom. The number of allylic oxidation sites excluding steroid dienone is 1. The smallest absolute Gasteiger partial charge is 0.261 e. The van der Waals surface area contributed by atoms with Crippen LogP contribution in [0.4, 0.5) is 0 Å². The molecular weight excluding hydrogens is 230 g/mol. The van der Waals surface area contributed by atoms with Gasteiger partial charge in [0, 0.05) is 13.0 Å². The molecule has 0 aromatic heterocycles. The van der Waals surface area contributed by atoms with Crippen LogP contribution in [0.25, 0.3) is 0 Å². The Balaban J connectivity index is 4.73. The predicted molar refractivity (Wildman–Crippen MR) is 73.1 cm³/mol. The highest BCUT2D eigenvalue weighted by molar-refractivity contribution is 5.80. The molecule has 0 rings (SSSR count). The minimum Gasteiger partial charge on any atom is -0.512 e. The van der Waals surface area contributed by atoms with Crippen LogP contribution in [0.15, 0.2) is 12.0 Å². The van der Waals surface area contributed by atoms with Gasteiger partial charge < -0.3 is 15.2 Å². The third-order valence-corrected chi connectivity index (χ3v) is 2.81. The van der Waals surface area contributed by atoms with Gasteiger partial charge in [-0.05, 0) is 18.3 Å². The Hall–Kier alpha value is -1.19. The number of rotatable bonds is 7. The number of amides is 1. The molecule has 0 radical (unpaired) electrons. The SMILES string of the molecule is CNC(=O)C(O/C(=C\O)C(C)CC(C)C)C(C)C. The Morgan fingerprint density at radius 2 is 1.83 bits per heavy atom. The lowest BCUT2D eigenvalue weighted by Gasteiger charge is -2.25. The molecule has 0 aromatic carbocycles. The van der Waals surface area contributed by atoms with Gasteiger partial charge in [0.15, 0.2) is 6.10 Å². The summed E-state index contributed by atoms with van der Waals surface area (Å²) in [6.07, 6.45) is 1.32. The van der Waals surface area contributed by atoms with E-state index in [2.05, 4.69) is 19.2 Å². The first-order valence-corrected chi connectivity index (χ1v) is 6.55. The number of aliphatic hydroxyl groups is 1. The van der Waals surface area contributed by atoms with Gasteiger partial charge >= 0.3 is 0 Å². The molecular formula is C14H27NO3. The van der Waals surface area contributed by atoms with Gasteiger partial charge in [-0.2, -0.15) is 0 Å². The summed E-state index contributed by atoms with van der Waals surface area (Å²) < 4.78 is 5.68. The van der Waals surface area contributed by atoms with E-state index in [1.165, 1.54) is 0 Å². The van der Waals surface area contributed by atoms with Crippen LogP contribution in [-0.4, -0.2) is 24.2 Å². The highest BCUT2D eigenvalue weighted by Crippen LogP contribution is 2.23. The molecule has 2 atom stereocenters. The maximum absolute atomic E-state index is 11.7. The van der Waals surface area contributed by atoms with Gasteiger partial charge in [0.1, 0.15) is 12.0 Å². The van der Waals surface area contributed by atoms with Crippen LogP contribution in [0.1, 0.15) is 41.0 Å². The molecule has 4 nitrogen and oxygen atoms in total. The molecule has 106 valence electrons. The van der Waals surface area contributed by atoms with Gasteiger partial charge in [-0.25, -0.2) is 0 Å². The van der Waals surface area contributed by atoms with Crippen LogP contribution in [0.2, 0.25) is 0 Å². The largest absolute Gasteiger partial charge is 0.512 e. The normalized spacial score (nSPS) is 15.7. The number of ether oxygens (including phenoxy) is 1. The first-order chi connectivity index (χ1) is 8.33. The lowest BCUT2D eigenvalue weighted by molar-refractivity contribution is -0.132. The van der Waals surface area contributed by atoms with Crippen molar-refractivity contribution in [2.45, 2.75) is 47.1 Å². The highest BCUT2D eigenvalue weighted by atomic mass is 16.5. The maximum Gasteiger partial charge on any atom is 0.261 e. The first-order valence-electron chi connectivity index (χ1n) is 6.55. The Kier molecular flexibility index (Phi) is 7.48. The molecule has 4 heteroatoms. The molecule has 0 aliphatic heterocycles. The van der Waals surface area contributed by atoms with E-state index in [4.69, 9.17) is 4.74 Å². The highest BCUT2D eigenvalue weighted by Gasteiger charge is 2.26. The average molecular weight is 257 g/mol. The molecule has 0 aliphatic carbocycles. The molecule has 2 N–H and O–H groups in total. The fourth-order valence-corrected chi connectivity index (χ4v) is 1.88. The third-order valence-electron chi connectivity index (χ3n) is 2.81. The summed E-state index contributed by atoms with van der Waals surface area (Å²) in [6.45, 7) is 10.1. The molecule has 0 saturated carbocycles. The van der Waals surface area contributed by atoms with Crippen molar-refractivity contribution in [2.24, 2.45) is 17.8 Å². The number of hydrogen-bond acceptors (Lipinski definition) is 3. The minimum atomic E-state index is -0.567. The van der Waals surface area contributed by atoms with Crippen molar-refractivity contribution in [2.75, 3.05) is 7.05 Å². The zero-order valence-electron chi connectivity index (χ0n) is 12.4. The van der Waals surface area contributed by atoms with Crippen molar-refractivity contribution >= 4 is 5.91 Å². The fraction of sp³-hybridized carbons (Fsp3) is 0.786. The predicted octanol–water partition coefficient (Wildman–Crippen LogP) is 2.86. The van der Waals surface area contributed by atoms with Gasteiger partial charge in [-0.15, -0.1) is 0 Å². The second-order valence-electron chi connectivity index (χ2n) is 5.46. The lowest BCUT2D eigenvalue weighted by Crippen LogP contribution is -2.38. The first kappa shape index (κ1) is 16.8. The Morgan fingerprint density at radius 3 is 2.17 bits per heavy atom. The average Bonchev–Trinajstić information content (AvgIpc) is 2.27. The van der Waals surface area contributed by atoms with Crippen LogP contribution in [0.5, 0.6) is 0 Å². The molecule has 0 saturated heterocycles. The molecule has 1 amide bonds. The van der Waals surface area contributed by atoms with Gasteiger partial charge in [0.05, 0.1) is 0 Å². The summed E-state index contributed by atoms with van der Waals surface area (Å²) in [5.41, 5.74) is 0. The maximum atomic E-state index is 11.7. The number of carbonyl (C=O) groups excluding carboxylic acids is 1. The van der Waals surface area contributed by atoms with Gasteiger partial charge in [-0.3, -0.25) is 4.79 Å². The van der Waals surface area contributed by atoms with E-state index in [9.17, 15) is 9.90 Å². The number of aliphatic hydroxyl groups excluding tert-OH is 1. The van der Waals surface area contributed by atoms with E-state index in [-0.39, 0.29) is 17.7 Å². The molecule has 0 aliphatic rings. The van der Waals surface area contributed by atoms with Gasteiger partial charge in [0.25, 0.3) is 5.91 Å². The van der Waals surface area contributed by atoms with Gasteiger partial charge in [-0.1, -0.05) is 34.6 Å². The second-order valence-corrected chi connectivity index (χ2v) is 5.46. The van der Waals surface area contributed by atoms with Gasteiger partial charge in [0.2, 0.25) is 0 Å². The van der Waals surface area contributed by atoms with Crippen LogP contribution < -0.4 is 5.32 Å². The van der Waals surface area contributed by atoms with Crippen LogP contribution >= 0.6 is 0 Å². The van der Waals surface area contributed by atoms with Crippen molar-refractivity contribution in [1.82, 2.24) is 5.32 Å². The van der Waals surface area contributed by atoms with Crippen molar-refractivity contribution in [3.05, 3.63) is 12.0 Å². The topological polar surface area (TPSA) is 58.6 Å². The van der Waals surface area contributed by atoms with Crippen LogP contribution in [-0.2, 0) is 9.53 Å². The number of likely N-dealkylation sites (N-methyl/N-ethyl adjacent to an activating group) is 1. The summed E-state index contributed by atoms with van der Waals surface area (Å²) in [5, 5.41) is 11.9. The van der Waals surface area contributed by atoms with E-state index in [0.29, 0.717) is 11.7 Å². The van der Waals surface area contributed by atoms with Crippen molar-refractivity contribution in [1.29, 1.82) is 0 Å². The van der Waals surface area contributed by atoms with Crippen LogP contribution in [0, 0.1) is 17.8 Å². The van der Waals surface area contributed by atoms with E-state index in [1.807, 2.05) is 20.8 Å².